The van der Waals surface area contributed by atoms with Crippen LogP contribution in [-0.4, -0.2) is 4.98 Å². The van der Waals surface area contributed by atoms with Gasteiger partial charge < -0.3 is 5.32 Å². The Morgan fingerprint density at radius 2 is 1.85 bits per heavy atom. The van der Waals surface area contributed by atoms with E-state index in [4.69, 9.17) is 0 Å². The number of nitrogens with one attached hydrogen (secondary N) is 1. The van der Waals surface area contributed by atoms with Gasteiger partial charge >= 0.3 is 0 Å². The summed E-state index contributed by atoms with van der Waals surface area (Å²) >= 11 is 0. The van der Waals surface area contributed by atoms with Crippen molar-refractivity contribution in [3.8, 4) is 0 Å². The predicted octanol–water partition coefficient (Wildman–Crippen LogP) is 4.46. The summed E-state index contributed by atoms with van der Waals surface area (Å²) in [4.78, 5) is 4.47. The molecule has 0 fully saturated rings. The van der Waals surface area contributed by atoms with Gasteiger partial charge in [0.05, 0.1) is 11.2 Å². The molecule has 0 bridgehead atoms. The van der Waals surface area contributed by atoms with Gasteiger partial charge in [0.25, 0.3) is 0 Å². The lowest BCUT2D eigenvalue weighted by Crippen LogP contribution is -2.02. The molecule has 0 spiro atoms. The average molecular weight is 262 g/mol. The maximum atomic E-state index is 4.47. The molecule has 100 valence electrons. The van der Waals surface area contributed by atoms with Crippen LogP contribution < -0.4 is 5.32 Å². The van der Waals surface area contributed by atoms with Crippen molar-refractivity contribution in [3.05, 3.63) is 71.4 Å². The first-order valence-corrected chi connectivity index (χ1v) is 6.88. The largest absolute Gasteiger partial charge is 0.379 e. The number of aryl methyl sites for hydroxylation is 2. The molecule has 0 saturated carbocycles. The summed E-state index contributed by atoms with van der Waals surface area (Å²) in [6.07, 6.45) is 1.84. The molecule has 20 heavy (non-hydrogen) atoms. The molecule has 0 atom stereocenters. The molecule has 0 radical (unpaired) electrons. The van der Waals surface area contributed by atoms with Gasteiger partial charge in [0.15, 0.2) is 0 Å². The molecule has 0 aliphatic rings. The van der Waals surface area contributed by atoms with E-state index in [0.717, 1.165) is 23.1 Å². The normalized spacial score (nSPS) is 10.7. The van der Waals surface area contributed by atoms with Crippen molar-refractivity contribution < 1.29 is 0 Å². The molecule has 2 nitrogen and oxygen atoms in total. The fraction of sp³-hybridized carbons (Fsp3) is 0.167. The number of hydrogen-bond acceptors (Lipinski definition) is 2. The Labute approximate surface area is 119 Å². The number of para-hydroxylation sites is 1. The summed E-state index contributed by atoms with van der Waals surface area (Å²) in [7, 11) is 0. The van der Waals surface area contributed by atoms with Crippen LogP contribution in [0.3, 0.4) is 0 Å². The van der Waals surface area contributed by atoms with Gasteiger partial charge in [-0.05, 0) is 37.1 Å². The number of nitrogens with zero attached hydrogens (tertiary/aromatic N) is 1. The first kappa shape index (κ1) is 12.7. The smallest absolute Gasteiger partial charge is 0.0933 e. The Kier molecular flexibility index (Phi) is 3.38. The monoisotopic (exact) mass is 262 g/mol. The topological polar surface area (TPSA) is 24.9 Å². The van der Waals surface area contributed by atoms with Gasteiger partial charge in [-0.2, -0.15) is 0 Å². The maximum Gasteiger partial charge on any atom is 0.0933 e. The summed E-state index contributed by atoms with van der Waals surface area (Å²) in [5, 5.41) is 4.67. The molecular formula is C18H18N2. The van der Waals surface area contributed by atoms with Crippen molar-refractivity contribution in [3.63, 3.8) is 0 Å². The van der Waals surface area contributed by atoms with Crippen LogP contribution in [0.2, 0.25) is 0 Å². The summed E-state index contributed by atoms with van der Waals surface area (Å²) in [5.74, 6) is 0. The van der Waals surface area contributed by atoms with Crippen LogP contribution in [0.25, 0.3) is 10.9 Å². The first-order chi connectivity index (χ1) is 9.74. The Morgan fingerprint density at radius 1 is 1.00 bits per heavy atom. The van der Waals surface area contributed by atoms with Crippen LogP contribution in [-0.2, 0) is 6.54 Å². The molecule has 3 aromatic rings. The van der Waals surface area contributed by atoms with Crippen LogP contribution >= 0.6 is 0 Å². The van der Waals surface area contributed by atoms with Gasteiger partial charge in [0.1, 0.15) is 0 Å². The molecule has 1 aromatic heterocycles. The molecule has 2 aromatic carbocycles. The Hall–Kier alpha value is -2.35. The fourth-order valence-corrected chi connectivity index (χ4v) is 2.48. The van der Waals surface area contributed by atoms with Gasteiger partial charge in [-0.15, -0.1) is 0 Å². The standard InChI is InChI=1S/C18H18N2/c1-13-8-9-16(14(2)11-13)12-20-17-7-3-5-15-6-4-10-19-18(15)17/h3-11,20H,12H2,1-2H3. The van der Waals surface area contributed by atoms with E-state index in [2.05, 4.69) is 66.6 Å². The van der Waals surface area contributed by atoms with E-state index in [0.29, 0.717) is 0 Å². The van der Waals surface area contributed by atoms with E-state index in [1.54, 1.807) is 0 Å². The van der Waals surface area contributed by atoms with Gasteiger partial charge in [0.2, 0.25) is 0 Å². The highest BCUT2D eigenvalue weighted by Gasteiger charge is 2.03. The minimum atomic E-state index is 0.821. The summed E-state index contributed by atoms with van der Waals surface area (Å²) in [5.41, 5.74) is 6.06. The molecule has 0 saturated heterocycles. The zero-order valence-corrected chi connectivity index (χ0v) is 11.9. The van der Waals surface area contributed by atoms with Crippen LogP contribution in [0, 0.1) is 13.8 Å². The van der Waals surface area contributed by atoms with Crippen molar-refractivity contribution in [1.29, 1.82) is 0 Å². The highest BCUT2D eigenvalue weighted by molar-refractivity contribution is 5.90. The lowest BCUT2D eigenvalue weighted by molar-refractivity contribution is 1.11. The number of pyridine rings is 1. The number of hydrogen-bond donors (Lipinski definition) is 1. The van der Waals surface area contributed by atoms with E-state index in [1.165, 1.54) is 16.7 Å². The highest BCUT2D eigenvalue weighted by Crippen LogP contribution is 2.21. The highest BCUT2D eigenvalue weighted by atomic mass is 14.9. The average Bonchev–Trinajstić information content (AvgIpc) is 2.46. The quantitative estimate of drug-likeness (QED) is 0.753. The van der Waals surface area contributed by atoms with Crippen molar-refractivity contribution >= 4 is 16.6 Å². The molecule has 0 unspecified atom stereocenters. The summed E-state index contributed by atoms with van der Waals surface area (Å²) in [6.45, 7) is 5.10. The van der Waals surface area contributed by atoms with Crippen LogP contribution in [0.15, 0.2) is 54.7 Å². The second kappa shape index (κ2) is 5.33. The minimum Gasteiger partial charge on any atom is -0.379 e. The summed E-state index contributed by atoms with van der Waals surface area (Å²) in [6, 6.07) is 16.9. The molecule has 0 amide bonds. The van der Waals surface area contributed by atoms with Crippen molar-refractivity contribution in [1.82, 2.24) is 4.98 Å². The number of rotatable bonds is 3. The lowest BCUT2D eigenvalue weighted by Gasteiger charge is -2.11. The third-order valence-electron chi connectivity index (χ3n) is 3.60. The van der Waals surface area contributed by atoms with E-state index in [1.807, 2.05) is 12.3 Å². The van der Waals surface area contributed by atoms with Gasteiger partial charge in [-0.1, -0.05) is 42.0 Å². The Bertz CT molecular complexity index is 742. The SMILES string of the molecule is Cc1ccc(CNc2cccc3cccnc23)c(C)c1. The molecule has 3 rings (SSSR count). The van der Waals surface area contributed by atoms with Crippen molar-refractivity contribution in [2.24, 2.45) is 0 Å². The van der Waals surface area contributed by atoms with E-state index >= 15 is 0 Å². The van der Waals surface area contributed by atoms with Crippen molar-refractivity contribution in [2.75, 3.05) is 5.32 Å². The third-order valence-corrected chi connectivity index (χ3v) is 3.60. The molecule has 1 heterocycles. The minimum absolute atomic E-state index is 0.821. The number of fused-ring (bicyclic) bond motifs is 1. The number of anilines is 1. The second-order valence-corrected chi connectivity index (χ2v) is 5.16. The molecule has 0 aliphatic heterocycles. The van der Waals surface area contributed by atoms with Crippen LogP contribution in [0.4, 0.5) is 5.69 Å². The third kappa shape index (κ3) is 2.50. The van der Waals surface area contributed by atoms with Gasteiger partial charge in [-0.25, -0.2) is 0 Å². The number of aromatic nitrogens is 1. The van der Waals surface area contributed by atoms with Crippen LogP contribution in [0.5, 0.6) is 0 Å². The lowest BCUT2D eigenvalue weighted by atomic mass is 10.1. The molecule has 0 aliphatic carbocycles. The Morgan fingerprint density at radius 3 is 2.70 bits per heavy atom. The first-order valence-electron chi connectivity index (χ1n) is 6.88. The van der Waals surface area contributed by atoms with Crippen LogP contribution in [0.1, 0.15) is 16.7 Å². The summed E-state index contributed by atoms with van der Waals surface area (Å²) < 4.78 is 0. The van der Waals surface area contributed by atoms with Crippen molar-refractivity contribution in [2.45, 2.75) is 20.4 Å². The fourth-order valence-electron chi connectivity index (χ4n) is 2.48. The second-order valence-electron chi connectivity index (χ2n) is 5.16. The Balaban J connectivity index is 1.87. The van der Waals surface area contributed by atoms with E-state index < -0.39 is 0 Å². The number of benzene rings is 2. The molecule has 1 N–H and O–H groups in total. The van der Waals surface area contributed by atoms with E-state index in [9.17, 15) is 0 Å². The molecular weight excluding hydrogens is 244 g/mol. The van der Waals surface area contributed by atoms with Gasteiger partial charge in [-0.3, -0.25) is 4.98 Å². The molecule has 2 heteroatoms. The zero-order chi connectivity index (χ0) is 13.9. The zero-order valence-electron chi connectivity index (χ0n) is 11.9. The van der Waals surface area contributed by atoms with E-state index in [-0.39, 0.29) is 0 Å². The predicted molar refractivity (Wildman–Crippen MR) is 85.0 cm³/mol. The van der Waals surface area contributed by atoms with Gasteiger partial charge in [0, 0.05) is 18.1 Å². The maximum absolute atomic E-state index is 4.47.